The van der Waals surface area contributed by atoms with Crippen LogP contribution in [0, 0.1) is 17.8 Å². The van der Waals surface area contributed by atoms with Crippen LogP contribution in [0.2, 0.25) is 0 Å². The topological polar surface area (TPSA) is 71.0 Å². The number of pyridine rings is 1. The lowest BCUT2D eigenvalue weighted by molar-refractivity contribution is -0.126. The second kappa shape index (κ2) is 8.17. The van der Waals surface area contributed by atoms with Gasteiger partial charge < -0.3 is 0 Å². The van der Waals surface area contributed by atoms with Crippen molar-refractivity contribution in [1.82, 2.24) is 15.2 Å². The summed E-state index contributed by atoms with van der Waals surface area (Å²) in [6.07, 6.45) is 11.0. The van der Waals surface area contributed by atoms with E-state index in [0.717, 1.165) is 42.6 Å². The lowest BCUT2D eigenvalue weighted by atomic mass is 9.71. The van der Waals surface area contributed by atoms with E-state index in [4.69, 9.17) is 0 Å². The maximum Gasteiger partial charge on any atom is 0.208 e. The van der Waals surface area contributed by atoms with Gasteiger partial charge in [0.05, 0.1) is 11.7 Å². The number of aromatic nitrogens is 3. The first kappa shape index (κ1) is 18.7. The quantitative estimate of drug-likeness (QED) is 0.839. The molecule has 3 heterocycles. The Bertz CT molecular complexity index is 889. The minimum Gasteiger partial charge on any atom is -0.299 e. The number of ketones is 1. The van der Waals surface area contributed by atoms with Crippen molar-refractivity contribution in [2.45, 2.75) is 45.1 Å². The van der Waals surface area contributed by atoms with E-state index < -0.39 is 5.97 Å². The van der Waals surface area contributed by atoms with Crippen LogP contribution < -0.4 is 0 Å². The van der Waals surface area contributed by atoms with Gasteiger partial charge in [0.1, 0.15) is 5.78 Å². The number of nitrogens with zero attached hydrogens (tertiary/aromatic N) is 3. The van der Waals surface area contributed by atoms with E-state index in [1.807, 2.05) is 31.2 Å². The number of aromatic amines is 1. The second-order valence-corrected chi connectivity index (χ2v) is 7.89. The SMILES string of the molecule is CC1N=C(F)C=CC1C1CC[C@@H](CCc2cc(-c3ccncc3)n[nH]2)C(=O)C1. The number of Topliss-reactive ketones (excluding diaryl/α,β-unsaturated/α-hetero) is 1. The molecular formula is C22H25FN4O. The summed E-state index contributed by atoms with van der Waals surface area (Å²) >= 11 is 0. The highest BCUT2D eigenvalue weighted by molar-refractivity contribution is 5.87. The van der Waals surface area contributed by atoms with Crippen LogP contribution >= 0.6 is 0 Å². The van der Waals surface area contributed by atoms with Crippen molar-refractivity contribution in [3.63, 3.8) is 0 Å². The molecule has 1 N–H and O–H groups in total. The Hall–Kier alpha value is -2.63. The Balaban J connectivity index is 1.31. The Labute approximate surface area is 164 Å². The first-order valence-corrected chi connectivity index (χ1v) is 9.99. The van der Waals surface area contributed by atoms with E-state index in [-0.39, 0.29) is 23.8 Å². The molecule has 6 heteroatoms. The summed E-state index contributed by atoms with van der Waals surface area (Å²) in [6.45, 7) is 1.93. The average molecular weight is 380 g/mol. The molecule has 1 aliphatic heterocycles. The minimum absolute atomic E-state index is 0.0871. The highest BCUT2D eigenvalue weighted by atomic mass is 19.1. The highest BCUT2D eigenvalue weighted by Crippen LogP contribution is 2.37. The largest absolute Gasteiger partial charge is 0.299 e. The molecule has 4 atom stereocenters. The molecule has 3 unspecified atom stereocenters. The molecule has 2 aromatic rings. The van der Waals surface area contributed by atoms with Crippen molar-refractivity contribution in [2.24, 2.45) is 22.7 Å². The van der Waals surface area contributed by atoms with Crippen molar-refractivity contribution in [1.29, 1.82) is 0 Å². The van der Waals surface area contributed by atoms with Gasteiger partial charge in [-0.15, -0.1) is 0 Å². The number of nitrogens with one attached hydrogen (secondary N) is 1. The zero-order valence-electron chi connectivity index (χ0n) is 16.0. The van der Waals surface area contributed by atoms with Crippen molar-refractivity contribution in [3.05, 3.63) is 48.4 Å². The van der Waals surface area contributed by atoms with E-state index in [0.29, 0.717) is 12.2 Å². The standard InChI is InChI=1S/C22H25FN4O/c1-14-19(6-7-22(23)25-14)17-3-2-16(21(28)12-17)4-5-18-13-20(27-26-18)15-8-10-24-11-9-15/h6-11,13-14,16-17,19H,2-5,12H2,1H3,(H,26,27)/t14?,16-,17?,19?/m0/s1. The molecule has 1 fully saturated rings. The van der Waals surface area contributed by atoms with Crippen molar-refractivity contribution in [2.75, 3.05) is 0 Å². The monoisotopic (exact) mass is 380 g/mol. The van der Waals surface area contributed by atoms with Crippen LogP contribution in [-0.2, 0) is 11.2 Å². The number of carbonyl (C=O) groups is 1. The Kier molecular flexibility index (Phi) is 5.46. The predicted octanol–water partition coefficient (Wildman–Crippen LogP) is 4.33. The number of rotatable bonds is 5. The molecule has 2 aliphatic rings. The van der Waals surface area contributed by atoms with Gasteiger partial charge in [-0.2, -0.15) is 9.49 Å². The third-order valence-electron chi connectivity index (χ3n) is 6.06. The van der Waals surface area contributed by atoms with E-state index in [2.05, 4.69) is 20.2 Å². The van der Waals surface area contributed by atoms with Gasteiger partial charge in [-0.3, -0.25) is 19.9 Å². The number of carbonyl (C=O) groups excluding carboxylic acids is 1. The minimum atomic E-state index is -0.408. The van der Waals surface area contributed by atoms with Gasteiger partial charge in [-0.05, 0) is 62.8 Å². The summed E-state index contributed by atoms with van der Waals surface area (Å²) in [5.41, 5.74) is 2.98. The van der Waals surface area contributed by atoms with Crippen LogP contribution in [0.4, 0.5) is 4.39 Å². The summed E-state index contributed by atoms with van der Waals surface area (Å²) < 4.78 is 13.3. The molecular weight excluding hydrogens is 355 g/mol. The first-order chi connectivity index (χ1) is 13.6. The predicted molar refractivity (Wildman–Crippen MR) is 107 cm³/mol. The van der Waals surface area contributed by atoms with E-state index in [9.17, 15) is 9.18 Å². The normalized spacial score (nSPS) is 27.6. The number of halogens is 1. The van der Waals surface area contributed by atoms with Crippen LogP contribution in [-0.4, -0.2) is 33.0 Å². The van der Waals surface area contributed by atoms with Gasteiger partial charge in [0, 0.05) is 41.9 Å². The van der Waals surface area contributed by atoms with Crippen LogP contribution in [0.25, 0.3) is 11.3 Å². The average Bonchev–Trinajstić information content (AvgIpc) is 3.17. The lowest BCUT2D eigenvalue weighted by Gasteiger charge is -2.34. The number of aliphatic imine (C=N–C) groups is 1. The molecule has 5 nitrogen and oxygen atoms in total. The molecule has 0 saturated heterocycles. The summed E-state index contributed by atoms with van der Waals surface area (Å²) in [5, 5.41) is 7.46. The maximum absolute atomic E-state index is 13.3. The van der Waals surface area contributed by atoms with Gasteiger partial charge in [0.15, 0.2) is 0 Å². The van der Waals surface area contributed by atoms with Gasteiger partial charge in [-0.1, -0.05) is 6.08 Å². The Morgan fingerprint density at radius 2 is 2.07 bits per heavy atom. The summed E-state index contributed by atoms with van der Waals surface area (Å²) in [4.78, 5) is 20.7. The fraction of sp³-hybridized carbons (Fsp3) is 0.455. The van der Waals surface area contributed by atoms with Crippen molar-refractivity contribution in [3.8, 4) is 11.3 Å². The summed E-state index contributed by atoms with van der Waals surface area (Å²) in [7, 11) is 0. The highest BCUT2D eigenvalue weighted by Gasteiger charge is 2.35. The number of dihydropyridines is 1. The Morgan fingerprint density at radius 3 is 2.82 bits per heavy atom. The molecule has 0 spiro atoms. The van der Waals surface area contributed by atoms with Gasteiger partial charge >= 0.3 is 0 Å². The summed E-state index contributed by atoms with van der Waals surface area (Å²) in [5.74, 6) is 0.472. The third kappa shape index (κ3) is 4.11. The second-order valence-electron chi connectivity index (χ2n) is 7.89. The molecule has 1 saturated carbocycles. The molecule has 0 aromatic carbocycles. The third-order valence-corrected chi connectivity index (χ3v) is 6.06. The molecule has 0 bridgehead atoms. The fourth-order valence-electron chi connectivity index (χ4n) is 4.45. The number of aryl methyl sites for hydroxylation is 1. The first-order valence-electron chi connectivity index (χ1n) is 9.99. The lowest BCUT2D eigenvalue weighted by Crippen LogP contribution is -2.33. The fourth-order valence-corrected chi connectivity index (χ4v) is 4.45. The van der Waals surface area contributed by atoms with Crippen LogP contribution in [0.3, 0.4) is 0 Å². The Morgan fingerprint density at radius 1 is 1.25 bits per heavy atom. The number of hydrogen-bond donors (Lipinski definition) is 1. The van der Waals surface area contributed by atoms with Crippen LogP contribution in [0.15, 0.2) is 47.7 Å². The molecule has 0 amide bonds. The van der Waals surface area contributed by atoms with Gasteiger partial charge in [-0.25, -0.2) is 0 Å². The van der Waals surface area contributed by atoms with E-state index in [1.54, 1.807) is 12.4 Å². The molecule has 28 heavy (non-hydrogen) atoms. The zero-order valence-corrected chi connectivity index (χ0v) is 16.0. The van der Waals surface area contributed by atoms with Gasteiger partial charge in [0.2, 0.25) is 5.97 Å². The number of hydrogen-bond acceptors (Lipinski definition) is 4. The molecule has 1 aliphatic carbocycles. The van der Waals surface area contributed by atoms with Gasteiger partial charge in [0.25, 0.3) is 0 Å². The van der Waals surface area contributed by atoms with E-state index >= 15 is 0 Å². The summed E-state index contributed by atoms with van der Waals surface area (Å²) in [6, 6.07) is 5.82. The zero-order chi connectivity index (χ0) is 19.5. The smallest absolute Gasteiger partial charge is 0.208 e. The van der Waals surface area contributed by atoms with Crippen molar-refractivity contribution < 1.29 is 9.18 Å². The van der Waals surface area contributed by atoms with Crippen LogP contribution in [0.1, 0.15) is 38.3 Å². The molecule has 2 aromatic heterocycles. The molecule has 146 valence electrons. The van der Waals surface area contributed by atoms with E-state index in [1.165, 1.54) is 6.08 Å². The number of H-pyrrole nitrogens is 1. The van der Waals surface area contributed by atoms with Crippen LogP contribution in [0.5, 0.6) is 0 Å². The van der Waals surface area contributed by atoms with Crippen molar-refractivity contribution >= 4 is 11.7 Å². The maximum atomic E-state index is 13.3. The molecule has 4 rings (SSSR count). The number of allylic oxidation sites excluding steroid dienone is 1. The molecule has 0 radical (unpaired) electrons.